The van der Waals surface area contributed by atoms with Crippen LogP contribution in [0.25, 0.3) is 0 Å². The molecule has 0 saturated carbocycles. The predicted molar refractivity (Wildman–Crippen MR) is 122 cm³/mol. The molecule has 2 N–H and O–H groups in total. The Labute approximate surface area is 191 Å². The number of halogens is 1. The Morgan fingerprint density at radius 2 is 1.62 bits per heavy atom. The maximum atomic E-state index is 12.8. The Balaban J connectivity index is 1.38. The third kappa shape index (κ3) is 5.39. The zero-order chi connectivity index (χ0) is 22.3. The standard InChI is InChI=1S/C25H23ClN2O4/c26-20-11-5-4-10-19(20)25(30)28-21(17-8-2-1-3-9-17)14-24(29)27-15-18-16-31-22-12-6-7-13-23(22)32-18/h1-13,18,21H,14-16H2,(H,27,29)(H,28,30)/t18-,21-/m0/s1. The number of benzene rings is 3. The highest BCUT2D eigenvalue weighted by Gasteiger charge is 2.23. The van der Waals surface area contributed by atoms with E-state index in [1.54, 1.807) is 24.3 Å². The molecular formula is C25H23ClN2O4. The minimum Gasteiger partial charge on any atom is -0.486 e. The fourth-order valence-electron chi connectivity index (χ4n) is 3.47. The van der Waals surface area contributed by atoms with Gasteiger partial charge in [0.25, 0.3) is 5.91 Å². The molecule has 0 unspecified atom stereocenters. The van der Waals surface area contributed by atoms with E-state index in [1.807, 2.05) is 54.6 Å². The van der Waals surface area contributed by atoms with Gasteiger partial charge in [0.1, 0.15) is 12.7 Å². The van der Waals surface area contributed by atoms with Crippen LogP contribution >= 0.6 is 11.6 Å². The van der Waals surface area contributed by atoms with Crippen LogP contribution in [0.15, 0.2) is 78.9 Å². The van der Waals surface area contributed by atoms with Gasteiger partial charge >= 0.3 is 0 Å². The molecular weight excluding hydrogens is 428 g/mol. The van der Waals surface area contributed by atoms with Gasteiger partial charge in [-0.2, -0.15) is 0 Å². The van der Waals surface area contributed by atoms with Crippen LogP contribution in [0.4, 0.5) is 0 Å². The number of hydrogen-bond donors (Lipinski definition) is 2. The molecule has 1 heterocycles. The molecule has 2 amide bonds. The first-order chi connectivity index (χ1) is 15.6. The van der Waals surface area contributed by atoms with Crippen molar-refractivity contribution < 1.29 is 19.1 Å². The molecule has 0 spiro atoms. The number of ether oxygens (including phenoxy) is 2. The third-order valence-corrected chi connectivity index (χ3v) is 5.44. The second kappa shape index (κ2) is 10.2. The lowest BCUT2D eigenvalue weighted by Gasteiger charge is -2.27. The number of fused-ring (bicyclic) bond motifs is 1. The van der Waals surface area contributed by atoms with E-state index in [0.717, 1.165) is 5.56 Å². The predicted octanol–water partition coefficient (Wildman–Crippen LogP) is 4.16. The lowest BCUT2D eigenvalue weighted by atomic mass is 10.0. The van der Waals surface area contributed by atoms with Gasteiger partial charge in [0.15, 0.2) is 11.5 Å². The summed E-state index contributed by atoms with van der Waals surface area (Å²) in [5, 5.41) is 6.18. The average molecular weight is 451 g/mol. The number of carbonyl (C=O) groups is 2. The Kier molecular flexibility index (Phi) is 6.92. The molecule has 2 atom stereocenters. The maximum Gasteiger partial charge on any atom is 0.253 e. The van der Waals surface area contributed by atoms with Crippen LogP contribution in [0.3, 0.4) is 0 Å². The zero-order valence-electron chi connectivity index (χ0n) is 17.3. The normalized spacial score (nSPS) is 15.5. The summed E-state index contributed by atoms with van der Waals surface area (Å²) < 4.78 is 11.6. The van der Waals surface area contributed by atoms with E-state index in [9.17, 15) is 9.59 Å². The van der Waals surface area contributed by atoms with Crippen molar-refractivity contribution >= 4 is 23.4 Å². The molecule has 0 aromatic heterocycles. The van der Waals surface area contributed by atoms with Crippen molar-refractivity contribution in [2.24, 2.45) is 0 Å². The fourth-order valence-corrected chi connectivity index (χ4v) is 3.69. The van der Waals surface area contributed by atoms with Crippen molar-refractivity contribution in [3.63, 3.8) is 0 Å². The highest BCUT2D eigenvalue weighted by molar-refractivity contribution is 6.33. The maximum absolute atomic E-state index is 12.8. The molecule has 0 radical (unpaired) electrons. The topological polar surface area (TPSA) is 76.7 Å². The summed E-state index contributed by atoms with van der Waals surface area (Å²) in [5.74, 6) is 0.812. The Bertz CT molecular complexity index is 1090. The quantitative estimate of drug-likeness (QED) is 0.566. The van der Waals surface area contributed by atoms with Gasteiger partial charge in [-0.3, -0.25) is 9.59 Å². The lowest BCUT2D eigenvalue weighted by molar-refractivity contribution is -0.122. The number of carbonyl (C=O) groups excluding carboxylic acids is 2. The van der Waals surface area contributed by atoms with Gasteiger partial charge in [0.05, 0.1) is 29.6 Å². The summed E-state index contributed by atoms with van der Waals surface area (Å²) >= 11 is 6.16. The molecule has 7 heteroatoms. The van der Waals surface area contributed by atoms with Crippen molar-refractivity contribution in [2.75, 3.05) is 13.2 Å². The van der Waals surface area contributed by atoms with E-state index in [2.05, 4.69) is 10.6 Å². The van der Waals surface area contributed by atoms with Crippen LogP contribution in [-0.2, 0) is 4.79 Å². The van der Waals surface area contributed by atoms with E-state index < -0.39 is 6.04 Å². The van der Waals surface area contributed by atoms with Crippen molar-refractivity contribution in [3.05, 3.63) is 95.0 Å². The molecule has 6 nitrogen and oxygen atoms in total. The SMILES string of the molecule is O=C(C[C@H](NC(=O)c1ccccc1Cl)c1ccccc1)NC[C@H]1COc2ccccc2O1. The molecule has 3 aromatic rings. The first kappa shape index (κ1) is 21.7. The molecule has 1 aliphatic heterocycles. The smallest absolute Gasteiger partial charge is 0.253 e. The van der Waals surface area contributed by atoms with Gasteiger partial charge in [0.2, 0.25) is 5.91 Å². The summed E-state index contributed by atoms with van der Waals surface area (Å²) in [6.07, 6.45) is -0.216. The monoisotopic (exact) mass is 450 g/mol. The van der Waals surface area contributed by atoms with Crippen molar-refractivity contribution in [1.29, 1.82) is 0 Å². The molecule has 164 valence electrons. The molecule has 0 bridgehead atoms. The van der Waals surface area contributed by atoms with Gasteiger partial charge in [0, 0.05) is 0 Å². The molecule has 0 aliphatic carbocycles. The minimum atomic E-state index is -0.510. The molecule has 3 aromatic carbocycles. The molecule has 0 fully saturated rings. The van der Waals surface area contributed by atoms with Crippen LogP contribution in [0.2, 0.25) is 5.02 Å². The van der Waals surface area contributed by atoms with Crippen LogP contribution in [0, 0.1) is 0 Å². The van der Waals surface area contributed by atoms with Gasteiger partial charge < -0.3 is 20.1 Å². The van der Waals surface area contributed by atoms with Crippen LogP contribution in [0.1, 0.15) is 28.4 Å². The largest absolute Gasteiger partial charge is 0.486 e. The summed E-state index contributed by atoms with van der Waals surface area (Å²) in [6, 6.07) is 23.1. The van der Waals surface area contributed by atoms with E-state index in [-0.39, 0.29) is 24.3 Å². The number of rotatable bonds is 7. The van der Waals surface area contributed by atoms with E-state index >= 15 is 0 Å². The van der Waals surface area contributed by atoms with E-state index in [1.165, 1.54) is 0 Å². The number of hydrogen-bond acceptors (Lipinski definition) is 4. The highest BCUT2D eigenvalue weighted by Crippen LogP contribution is 2.30. The van der Waals surface area contributed by atoms with Gasteiger partial charge in [-0.1, -0.05) is 66.2 Å². The Hall–Kier alpha value is -3.51. The first-order valence-electron chi connectivity index (χ1n) is 10.4. The Morgan fingerprint density at radius 3 is 2.41 bits per heavy atom. The van der Waals surface area contributed by atoms with Crippen molar-refractivity contribution in [1.82, 2.24) is 10.6 Å². The molecule has 32 heavy (non-hydrogen) atoms. The van der Waals surface area contributed by atoms with E-state index in [4.69, 9.17) is 21.1 Å². The van der Waals surface area contributed by atoms with Gasteiger partial charge in [-0.05, 0) is 29.8 Å². The number of nitrogens with one attached hydrogen (secondary N) is 2. The summed E-state index contributed by atoms with van der Waals surface area (Å²) in [4.78, 5) is 25.5. The second-order valence-corrected chi connectivity index (χ2v) is 7.83. The van der Waals surface area contributed by atoms with Crippen molar-refractivity contribution in [3.8, 4) is 11.5 Å². The lowest BCUT2D eigenvalue weighted by Crippen LogP contribution is -2.42. The molecule has 0 saturated heterocycles. The average Bonchev–Trinajstić information content (AvgIpc) is 2.83. The summed E-state index contributed by atoms with van der Waals surface area (Å²) in [5.41, 5.74) is 1.19. The first-order valence-corrected chi connectivity index (χ1v) is 10.7. The fraction of sp³-hybridized carbons (Fsp3) is 0.200. The van der Waals surface area contributed by atoms with Crippen molar-refractivity contribution in [2.45, 2.75) is 18.6 Å². The number of para-hydroxylation sites is 2. The highest BCUT2D eigenvalue weighted by atomic mass is 35.5. The molecule has 4 rings (SSSR count). The summed E-state index contributed by atoms with van der Waals surface area (Å²) in [7, 11) is 0. The third-order valence-electron chi connectivity index (χ3n) is 5.11. The molecule has 1 aliphatic rings. The second-order valence-electron chi connectivity index (χ2n) is 7.42. The van der Waals surface area contributed by atoms with Crippen LogP contribution in [0.5, 0.6) is 11.5 Å². The van der Waals surface area contributed by atoms with E-state index in [0.29, 0.717) is 35.2 Å². The Morgan fingerprint density at radius 1 is 0.938 bits per heavy atom. The van der Waals surface area contributed by atoms with Crippen LogP contribution in [-0.4, -0.2) is 31.1 Å². The van der Waals surface area contributed by atoms with Gasteiger partial charge in [-0.15, -0.1) is 0 Å². The number of amides is 2. The minimum absolute atomic E-state index is 0.0738. The van der Waals surface area contributed by atoms with Gasteiger partial charge in [-0.25, -0.2) is 0 Å². The van der Waals surface area contributed by atoms with Crippen LogP contribution < -0.4 is 20.1 Å². The summed E-state index contributed by atoms with van der Waals surface area (Å²) in [6.45, 7) is 0.649. The zero-order valence-corrected chi connectivity index (χ0v) is 18.0.